The third kappa shape index (κ3) is 3.13. The molecule has 0 spiro atoms. The summed E-state index contributed by atoms with van der Waals surface area (Å²) in [6.07, 6.45) is 0.561. The van der Waals surface area contributed by atoms with Crippen molar-refractivity contribution >= 4 is 56.4 Å². The molecule has 1 aromatic heterocycles. The standard InChI is InChI=1S/C14H17BrCl2N2OS/c1-13(9-14(13,16)17)12(20)19-6-4-18(5-7-19)8-10-2-3-11(15)21-10/h2-3H,4-9H2,1H3. The molecule has 1 amide bonds. The smallest absolute Gasteiger partial charge is 0.231 e. The number of carbonyl (C=O) groups is 1. The van der Waals surface area contributed by atoms with Crippen molar-refractivity contribution < 1.29 is 4.79 Å². The van der Waals surface area contributed by atoms with Gasteiger partial charge in [0.15, 0.2) is 0 Å². The van der Waals surface area contributed by atoms with E-state index in [4.69, 9.17) is 23.2 Å². The summed E-state index contributed by atoms with van der Waals surface area (Å²) in [6.45, 7) is 6.12. The van der Waals surface area contributed by atoms with Gasteiger partial charge in [-0.25, -0.2) is 0 Å². The number of hydrogen-bond acceptors (Lipinski definition) is 3. The van der Waals surface area contributed by atoms with E-state index in [1.807, 2.05) is 11.8 Å². The fraction of sp³-hybridized carbons (Fsp3) is 0.643. The number of amides is 1. The second-order valence-electron chi connectivity index (χ2n) is 5.99. The predicted molar refractivity (Wildman–Crippen MR) is 91.0 cm³/mol. The monoisotopic (exact) mass is 410 g/mol. The predicted octanol–water partition coefficient (Wildman–Crippen LogP) is 3.74. The lowest BCUT2D eigenvalue weighted by molar-refractivity contribution is -0.138. The Morgan fingerprint density at radius 3 is 2.43 bits per heavy atom. The first kappa shape index (κ1) is 16.1. The van der Waals surface area contributed by atoms with Gasteiger partial charge in [0.1, 0.15) is 4.33 Å². The summed E-state index contributed by atoms with van der Waals surface area (Å²) in [5.74, 6) is 0.103. The largest absolute Gasteiger partial charge is 0.340 e. The maximum Gasteiger partial charge on any atom is 0.231 e. The van der Waals surface area contributed by atoms with Crippen LogP contribution in [0.4, 0.5) is 0 Å². The Morgan fingerprint density at radius 1 is 1.33 bits per heavy atom. The third-order valence-electron chi connectivity index (χ3n) is 4.40. The minimum absolute atomic E-state index is 0.103. The molecule has 0 bridgehead atoms. The van der Waals surface area contributed by atoms with Crippen molar-refractivity contribution in [2.75, 3.05) is 26.2 Å². The van der Waals surface area contributed by atoms with Crippen LogP contribution in [0.1, 0.15) is 18.2 Å². The first-order valence-electron chi connectivity index (χ1n) is 6.96. The van der Waals surface area contributed by atoms with Crippen molar-refractivity contribution in [3.8, 4) is 0 Å². The van der Waals surface area contributed by atoms with Gasteiger partial charge >= 0.3 is 0 Å². The van der Waals surface area contributed by atoms with Crippen LogP contribution in [0.5, 0.6) is 0 Å². The van der Waals surface area contributed by atoms with Gasteiger partial charge in [-0.1, -0.05) is 0 Å². The molecule has 2 aliphatic rings. The van der Waals surface area contributed by atoms with Crippen LogP contribution in [0.15, 0.2) is 15.9 Å². The highest BCUT2D eigenvalue weighted by Gasteiger charge is 2.68. The van der Waals surface area contributed by atoms with Gasteiger partial charge in [0.2, 0.25) is 5.91 Å². The number of alkyl halides is 2. The quantitative estimate of drug-likeness (QED) is 0.707. The Hall–Kier alpha value is 0.190. The number of hydrogen-bond donors (Lipinski definition) is 0. The van der Waals surface area contributed by atoms with E-state index in [1.54, 1.807) is 11.3 Å². The molecule has 0 aromatic carbocycles. The maximum absolute atomic E-state index is 12.5. The molecule has 116 valence electrons. The topological polar surface area (TPSA) is 23.6 Å². The number of halogens is 3. The molecule has 2 fully saturated rings. The highest BCUT2D eigenvalue weighted by atomic mass is 79.9. The van der Waals surface area contributed by atoms with E-state index in [2.05, 4.69) is 33.0 Å². The zero-order valence-corrected chi connectivity index (χ0v) is 15.7. The molecule has 1 saturated carbocycles. The van der Waals surface area contributed by atoms with Crippen molar-refractivity contribution in [3.63, 3.8) is 0 Å². The summed E-state index contributed by atoms with van der Waals surface area (Å²) in [6, 6.07) is 4.22. The Morgan fingerprint density at radius 2 is 1.95 bits per heavy atom. The van der Waals surface area contributed by atoms with Gasteiger partial charge in [0.25, 0.3) is 0 Å². The Balaban J connectivity index is 1.52. The van der Waals surface area contributed by atoms with Crippen LogP contribution in [-0.4, -0.2) is 46.2 Å². The van der Waals surface area contributed by atoms with Crippen molar-refractivity contribution in [1.29, 1.82) is 0 Å². The SMILES string of the molecule is CC1(C(=O)N2CCN(Cc3ccc(Br)s3)CC2)CC1(Cl)Cl. The lowest BCUT2D eigenvalue weighted by Crippen LogP contribution is -2.50. The van der Waals surface area contributed by atoms with E-state index in [0.717, 1.165) is 36.5 Å². The number of piperazine rings is 1. The molecule has 21 heavy (non-hydrogen) atoms. The molecule has 1 aliphatic carbocycles. The Bertz CT molecular complexity index is 557. The Kier molecular flexibility index (Phi) is 4.34. The first-order valence-corrected chi connectivity index (χ1v) is 9.32. The van der Waals surface area contributed by atoms with Gasteiger partial charge in [-0.2, -0.15) is 0 Å². The lowest BCUT2D eigenvalue weighted by atomic mass is 10.1. The summed E-state index contributed by atoms with van der Waals surface area (Å²) < 4.78 is 0.290. The summed E-state index contributed by atoms with van der Waals surface area (Å²) in [4.78, 5) is 18.1. The van der Waals surface area contributed by atoms with Crippen molar-refractivity contribution in [1.82, 2.24) is 9.80 Å². The van der Waals surface area contributed by atoms with Crippen LogP contribution >= 0.6 is 50.5 Å². The summed E-state index contributed by atoms with van der Waals surface area (Å²) in [5, 5.41) is 0. The summed E-state index contributed by atoms with van der Waals surface area (Å²) in [7, 11) is 0. The molecule has 1 aliphatic heterocycles. The van der Waals surface area contributed by atoms with Crippen LogP contribution in [0.3, 0.4) is 0 Å². The molecule has 1 aromatic rings. The number of thiophene rings is 1. The van der Waals surface area contributed by atoms with Gasteiger partial charge in [-0.15, -0.1) is 34.5 Å². The van der Waals surface area contributed by atoms with E-state index in [0.29, 0.717) is 6.42 Å². The molecule has 2 heterocycles. The van der Waals surface area contributed by atoms with Gasteiger partial charge in [-0.3, -0.25) is 9.69 Å². The van der Waals surface area contributed by atoms with Crippen molar-refractivity contribution in [2.45, 2.75) is 24.2 Å². The van der Waals surface area contributed by atoms with Crippen LogP contribution in [-0.2, 0) is 11.3 Å². The van der Waals surface area contributed by atoms with Gasteiger partial charge in [-0.05, 0) is 41.4 Å². The summed E-state index contributed by atoms with van der Waals surface area (Å²) in [5.41, 5.74) is -0.586. The molecule has 1 unspecified atom stereocenters. The van der Waals surface area contributed by atoms with Gasteiger partial charge in [0.05, 0.1) is 9.20 Å². The van der Waals surface area contributed by atoms with Crippen LogP contribution in [0.25, 0.3) is 0 Å². The second kappa shape index (κ2) is 5.68. The maximum atomic E-state index is 12.5. The third-order valence-corrected chi connectivity index (χ3v) is 7.11. The fourth-order valence-corrected chi connectivity index (χ4v) is 4.97. The Labute approximate surface area is 147 Å². The molecule has 0 N–H and O–H groups in total. The number of carbonyl (C=O) groups excluding carboxylic acids is 1. The average Bonchev–Trinajstić information content (AvgIpc) is 2.75. The van der Waals surface area contributed by atoms with E-state index in [9.17, 15) is 4.79 Å². The highest BCUT2D eigenvalue weighted by Crippen LogP contribution is 2.64. The van der Waals surface area contributed by atoms with Crippen LogP contribution in [0.2, 0.25) is 0 Å². The van der Waals surface area contributed by atoms with E-state index in [1.165, 1.54) is 4.88 Å². The molecule has 3 rings (SSSR count). The van der Waals surface area contributed by atoms with Crippen LogP contribution < -0.4 is 0 Å². The second-order valence-corrected chi connectivity index (χ2v) is 10.0. The van der Waals surface area contributed by atoms with Crippen LogP contribution in [0, 0.1) is 5.41 Å². The van der Waals surface area contributed by atoms with Gasteiger partial charge < -0.3 is 4.90 Å². The average molecular weight is 412 g/mol. The zero-order valence-electron chi connectivity index (χ0n) is 11.7. The minimum Gasteiger partial charge on any atom is -0.340 e. The van der Waals surface area contributed by atoms with E-state index >= 15 is 0 Å². The molecule has 1 saturated heterocycles. The lowest BCUT2D eigenvalue weighted by Gasteiger charge is -2.36. The zero-order chi connectivity index (χ0) is 15.3. The normalized spacial score (nSPS) is 28.7. The molecule has 0 radical (unpaired) electrons. The minimum atomic E-state index is -0.871. The molecular weight excluding hydrogens is 395 g/mol. The number of nitrogens with zero attached hydrogens (tertiary/aromatic N) is 2. The fourth-order valence-electron chi connectivity index (χ4n) is 2.75. The molecule has 3 nitrogen and oxygen atoms in total. The first-order chi connectivity index (χ1) is 9.82. The van der Waals surface area contributed by atoms with Gasteiger partial charge in [0, 0.05) is 37.6 Å². The van der Waals surface area contributed by atoms with Crippen molar-refractivity contribution in [2.24, 2.45) is 5.41 Å². The molecular formula is C14H17BrCl2N2OS. The highest BCUT2D eigenvalue weighted by molar-refractivity contribution is 9.11. The van der Waals surface area contributed by atoms with E-state index < -0.39 is 9.75 Å². The summed E-state index contributed by atoms with van der Waals surface area (Å²) >= 11 is 17.5. The van der Waals surface area contributed by atoms with Crippen molar-refractivity contribution in [3.05, 3.63) is 20.8 Å². The van der Waals surface area contributed by atoms with E-state index in [-0.39, 0.29) is 5.91 Å². The molecule has 7 heteroatoms. The number of rotatable bonds is 3. The molecule has 1 atom stereocenters.